The molecule has 182 valence electrons. The SMILES string of the molecule is COc1nc(C)ccc1Oc1nnc(C(F)(F)F)c(C)c1-c1cc(=O)c(-c2nnn(C)n2)c(C)[nH]1. The lowest BCUT2D eigenvalue weighted by atomic mass is 10.0. The van der Waals surface area contributed by atoms with Crippen LogP contribution in [0.2, 0.25) is 0 Å². The van der Waals surface area contributed by atoms with E-state index in [1.165, 1.54) is 31.9 Å². The highest BCUT2D eigenvalue weighted by atomic mass is 19.4. The fourth-order valence-corrected chi connectivity index (χ4v) is 3.49. The van der Waals surface area contributed by atoms with E-state index in [0.717, 1.165) is 6.07 Å². The summed E-state index contributed by atoms with van der Waals surface area (Å²) in [6.07, 6.45) is -4.79. The summed E-state index contributed by atoms with van der Waals surface area (Å²) in [4.78, 5) is 21.3. The molecule has 0 aliphatic heterocycles. The molecular formula is C21H19F3N8O3. The number of aryl methyl sites for hydroxylation is 3. The van der Waals surface area contributed by atoms with Crippen molar-refractivity contribution in [3.63, 3.8) is 0 Å². The maximum atomic E-state index is 13.6. The highest BCUT2D eigenvalue weighted by Gasteiger charge is 2.37. The molecule has 0 radical (unpaired) electrons. The van der Waals surface area contributed by atoms with E-state index in [0.29, 0.717) is 11.4 Å². The van der Waals surface area contributed by atoms with Crippen LogP contribution in [0, 0.1) is 20.8 Å². The third-order valence-corrected chi connectivity index (χ3v) is 5.04. The van der Waals surface area contributed by atoms with Crippen molar-refractivity contribution in [2.75, 3.05) is 7.11 Å². The zero-order valence-corrected chi connectivity index (χ0v) is 19.2. The second-order valence-electron chi connectivity index (χ2n) is 7.56. The summed E-state index contributed by atoms with van der Waals surface area (Å²) in [6, 6.07) is 4.30. The Balaban J connectivity index is 1.93. The summed E-state index contributed by atoms with van der Waals surface area (Å²) in [5.74, 6) is 0.00137. The Hall–Kier alpha value is -4.36. The van der Waals surface area contributed by atoms with Crippen molar-refractivity contribution in [3.8, 4) is 40.2 Å². The van der Waals surface area contributed by atoms with Crippen LogP contribution in [0.25, 0.3) is 22.6 Å². The van der Waals surface area contributed by atoms with E-state index < -0.39 is 17.3 Å². The van der Waals surface area contributed by atoms with Crippen LogP contribution in [0.3, 0.4) is 0 Å². The molecule has 0 spiro atoms. The fourth-order valence-electron chi connectivity index (χ4n) is 3.49. The van der Waals surface area contributed by atoms with Gasteiger partial charge in [-0.25, -0.2) is 4.98 Å². The average Bonchev–Trinajstić information content (AvgIpc) is 3.19. The number of aromatic amines is 1. The molecule has 35 heavy (non-hydrogen) atoms. The fraction of sp³-hybridized carbons (Fsp3) is 0.286. The van der Waals surface area contributed by atoms with Gasteiger partial charge in [0, 0.05) is 17.5 Å². The second-order valence-corrected chi connectivity index (χ2v) is 7.56. The maximum absolute atomic E-state index is 13.6. The van der Waals surface area contributed by atoms with Crippen LogP contribution in [0.1, 0.15) is 22.6 Å². The number of halogens is 3. The number of methoxy groups -OCH3 is 1. The van der Waals surface area contributed by atoms with Gasteiger partial charge in [-0.05, 0) is 43.7 Å². The Morgan fingerprint density at radius 2 is 1.77 bits per heavy atom. The van der Waals surface area contributed by atoms with Crippen molar-refractivity contribution < 1.29 is 22.6 Å². The van der Waals surface area contributed by atoms with Crippen molar-refractivity contribution >= 4 is 0 Å². The highest BCUT2D eigenvalue weighted by molar-refractivity contribution is 5.72. The van der Waals surface area contributed by atoms with Gasteiger partial charge in [0.25, 0.3) is 5.88 Å². The number of rotatable bonds is 5. The van der Waals surface area contributed by atoms with Crippen LogP contribution in [0.5, 0.6) is 17.5 Å². The zero-order valence-electron chi connectivity index (χ0n) is 19.2. The van der Waals surface area contributed by atoms with Gasteiger partial charge in [-0.3, -0.25) is 4.79 Å². The molecule has 0 atom stereocenters. The predicted molar refractivity (Wildman–Crippen MR) is 116 cm³/mol. The first kappa shape index (κ1) is 23.8. The molecule has 0 saturated heterocycles. The number of alkyl halides is 3. The molecule has 0 aliphatic carbocycles. The van der Waals surface area contributed by atoms with Gasteiger partial charge in [0.15, 0.2) is 16.9 Å². The molecule has 4 aromatic rings. The Morgan fingerprint density at radius 3 is 2.37 bits per heavy atom. The van der Waals surface area contributed by atoms with Crippen LogP contribution >= 0.6 is 0 Å². The molecule has 4 aromatic heterocycles. The van der Waals surface area contributed by atoms with E-state index >= 15 is 0 Å². The zero-order chi connectivity index (χ0) is 25.5. The van der Waals surface area contributed by atoms with Crippen molar-refractivity contribution in [1.82, 2.24) is 40.4 Å². The largest absolute Gasteiger partial charge is 0.478 e. The third-order valence-electron chi connectivity index (χ3n) is 5.04. The Bertz CT molecular complexity index is 1480. The highest BCUT2D eigenvalue weighted by Crippen LogP contribution is 2.40. The Labute approximate surface area is 196 Å². The number of nitrogens with zero attached hydrogens (tertiary/aromatic N) is 7. The summed E-state index contributed by atoms with van der Waals surface area (Å²) in [6.45, 7) is 4.52. The summed E-state index contributed by atoms with van der Waals surface area (Å²) in [7, 11) is 2.91. The molecule has 0 amide bonds. The number of hydrogen-bond acceptors (Lipinski definition) is 9. The standard InChI is InChI=1S/C21H19F3N8O3/c1-9-6-7-14(19(25-9)34-5)35-20-15(10(2)17(27-29-20)21(22,23)24)12-8-13(33)16(11(3)26-12)18-28-31-32(4)30-18/h6-8H,1-5H3,(H,26,33). The quantitative estimate of drug-likeness (QED) is 0.450. The van der Waals surface area contributed by atoms with Crippen LogP contribution in [-0.4, -0.2) is 47.5 Å². The normalized spacial score (nSPS) is 11.5. The average molecular weight is 488 g/mol. The summed E-state index contributed by atoms with van der Waals surface area (Å²) in [5.41, 5.74) is -1.03. The minimum absolute atomic E-state index is 0.0343. The molecule has 14 heteroatoms. The van der Waals surface area contributed by atoms with E-state index in [1.54, 1.807) is 19.9 Å². The Kier molecular flexibility index (Phi) is 5.96. The molecule has 0 unspecified atom stereocenters. The van der Waals surface area contributed by atoms with Crippen molar-refractivity contribution in [2.45, 2.75) is 26.9 Å². The van der Waals surface area contributed by atoms with Crippen LogP contribution in [-0.2, 0) is 13.2 Å². The predicted octanol–water partition coefficient (Wildman–Crippen LogP) is 3.16. The summed E-state index contributed by atoms with van der Waals surface area (Å²) < 4.78 is 51.9. The number of H-pyrrole nitrogens is 1. The van der Waals surface area contributed by atoms with E-state index in [1.807, 2.05) is 0 Å². The van der Waals surface area contributed by atoms with Gasteiger partial charge >= 0.3 is 6.18 Å². The number of pyridine rings is 2. The van der Waals surface area contributed by atoms with Crippen molar-refractivity contribution in [3.05, 3.63) is 51.1 Å². The monoisotopic (exact) mass is 488 g/mol. The molecule has 0 aromatic carbocycles. The number of aromatic nitrogens is 8. The van der Waals surface area contributed by atoms with Gasteiger partial charge in [0.1, 0.15) is 0 Å². The lowest BCUT2D eigenvalue weighted by Gasteiger charge is -2.17. The lowest BCUT2D eigenvalue weighted by Crippen LogP contribution is -2.15. The maximum Gasteiger partial charge on any atom is 0.435 e. The first-order chi connectivity index (χ1) is 16.5. The first-order valence-corrected chi connectivity index (χ1v) is 10.1. The third kappa shape index (κ3) is 4.54. The molecule has 0 saturated carbocycles. The number of tetrazole rings is 1. The molecule has 0 bridgehead atoms. The minimum atomic E-state index is -4.79. The minimum Gasteiger partial charge on any atom is -0.478 e. The van der Waals surface area contributed by atoms with Crippen LogP contribution in [0.4, 0.5) is 13.2 Å². The lowest BCUT2D eigenvalue weighted by molar-refractivity contribution is -0.142. The molecular weight excluding hydrogens is 469 g/mol. The first-order valence-electron chi connectivity index (χ1n) is 10.1. The molecule has 0 fully saturated rings. The molecule has 4 heterocycles. The topological polar surface area (TPSA) is 134 Å². The van der Waals surface area contributed by atoms with E-state index in [-0.39, 0.29) is 45.7 Å². The number of nitrogens with one attached hydrogen (secondary N) is 1. The van der Waals surface area contributed by atoms with Crippen LogP contribution < -0.4 is 14.9 Å². The van der Waals surface area contributed by atoms with Gasteiger partial charge in [-0.15, -0.1) is 20.4 Å². The smallest absolute Gasteiger partial charge is 0.435 e. The van der Waals surface area contributed by atoms with Gasteiger partial charge in [-0.2, -0.15) is 18.0 Å². The summed E-state index contributed by atoms with van der Waals surface area (Å²) in [5, 5.41) is 18.6. The van der Waals surface area contributed by atoms with E-state index in [4.69, 9.17) is 9.47 Å². The molecule has 1 N–H and O–H groups in total. The van der Waals surface area contributed by atoms with Gasteiger partial charge < -0.3 is 14.5 Å². The van der Waals surface area contributed by atoms with Crippen molar-refractivity contribution in [1.29, 1.82) is 0 Å². The van der Waals surface area contributed by atoms with Crippen molar-refractivity contribution in [2.24, 2.45) is 7.05 Å². The van der Waals surface area contributed by atoms with Gasteiger partial charge in [-0.1, -0.05) is 0 Å². The summed E-state index contributed by atoms with van der Waals surface area (Å²) >= 11 is 0. The van der Waals surface area contributed by atoms with Gasteiger partial charge in [0.05, 0.1) is 31.0 Å². The molecule has 11 nitrogen and oxygen atoms in total. The van der Waals surface area contributed by atoms with E-state index in [2.05, 4.69) is 35.6 Å². The van der Waals surface area contributed by atoms with E-state index in [9.17, 15) is 18.0 Å². The number of hydrogen-bond donors (Lipinski definition) is 1. The Morgan fingerprint density at radius 1 is 1.03 bits per heavy atom. The molecule has 4 rings (SSSR count). The van der Waals surface area contributed by atoms with Gasteiger partial charge in [0.2, 0.25) is 11.7 Å². The van der Waals surface area contributed by atoms with Crippen LogP contribution in [0.15, 0.2) is 23.0 Å². The second kappa shape index (κ2) is 8.77. The molecule has 0 aliphatic rings. The number of ether oxygens (including phenoxy) is 2.